The van der Waals surface area contributed by atoms with Crippen LogP contribution in [0.2, 0.25) is 0 Å². The molecule has 1 heteroatoms. The summed E-state index contributed by atoms with van der Waals surface area (Å²) in [6, 6.07) is 18.9. The summed E-state index contributed by atoms with van der Waals surface area (Å²) >= 11 is 1.81. The summed E-state index contributed by atoms with van der Waals surface area (Å²) in [5, 5.41) is 0. The van der Waals surface area contributed by atoms with Crippen molar-refractivity contribution in [3.05, 3.63) is 72.8 Å². The van der Waals surface area contributed by atoms with Crippen LogP contribution < -0.4 is 0 Å². The van der Waals surface area contributed by atoms with Gasteiger partial charge in [0.25, 0.3) is 0 Å². The fourth-order valence-electron chi connectivity index (χ4n) is 1.54. The van der Waals surface area contributed by atoms with Crippen molar-refractivity contribution in [2.24, 2.45) is 0 Å². The van der Waals surface area contributed by atoms with Gasteiger partial charge in [0.2, 0.25) is 0 Å². The molecule has 0 atom stereocenters. The lowest BCUT2D eigenvalue weighted by atomic mass is 10.1. The van der Waals surface area contributed by atoms with Crippen LogP contribution in [0.1, 0.15) is 5.56 Å². The Morgan fingerprint density at radius 2 is 1.62 bits per heavy atom. The monoisotopic (exact) mass is 226 g/mol. The van der Waals surface area contributed by atoms with E-state index in [1.54, 1.807) is 11.8 Å². The van der Waals surface area contributed by atoms with Crippen molar-refractivity contribution in [2.75, 3.05) is 0 Å². The SMILES string of the molecule is C=CCc1ccccc1Sc1ccccc1. The standard InChI is InChI=1S/C15H14S/c1-2-8-13-9-6-7-12-15(13)16-14-10-4-3-5-11-14/h2-7,9-12H,1,8H2. The van der Waals surface area contributed by atoms with Crippen LogP contribution in [-0.2, 0) is 6.42 Å². The average molecular weight is 226 g/mol. The second-order valence-corrected chi connectivity index (χ2v) is 4.63. The first-order chi connectivity index (χ1) is 7.90. The van der Waals surface area contributed by atoms with E-state index in [4.69, 9.17) is 0 Å². The Morgan fingerprint density at radius 3 is 2.38 bits per heavy atom. The number of allylic oxidation sites excluding steroid dienone is 1. The third kappa shape index (κ3) is 2.77. The Labute approximate surface area is 101 Å². The summed E-state index contributed by atoms with van der Waals surface area (Å²) in [5.74, 6) is 0. The highest BCUT2D eigenvalue weighted by molar-refractivity contribution is 7.99. The van der Waals surface area contributed by atoms with Crippen LogP contribution in [0.4, 0.5) is 0 Å². The second kappa shape index (κ2) is 5.57. The van der Waals surface area contributed by atoms with Crippen LogP contribution in [0.25, 0.3) is 0 Å². The second-order valence-electron chi connectivity index (χ2n) is 3.52. The van der Waals surface area contributed by atoms with E-state index in [2.05, 4.69) is 55.1 Å². The fourth-order valence-corrected chi connectivity index (χ4v) is 2.52. The normalized spacial score (nSPS) is 10.0. The molecule has 0 aliphatic heterocycles. The van der Waals surface area contributed by atoms with Gasteiger partial charge in [-0.3, -0.25) is 0 Å². The first kappa shape index (κ1) is 11.0. The zero-order chi connectivity index (χ0) is 11.2. The highest BCUT2D eigenvalue weighted by Gasteiger charge is 2.01. The molecule has 2 aromatic rings. The van der Waals surface area contributed by atoms with E-state index in [0.717, 1.165) is 6.42 Å². The lowest BCUT2D eigenvalue weighted by molar-refractivity contribution is 1.18. The highest BCUT2D eigenvalue weighted by atomic mass is 32.2. The molecule has 0 radical (unpaired) electrons. The Kier molecular flexibility index (Phi) is 3.84. The first-order valence-corrected chi connectivity index (χ1v) is 6.13. The number of hydrogen-bond acceptors (Lipinski definition) is 1. The molecule has 0 bridgehead atoms. The molecule has 2 rings (SSSR count). The molecule has 2 aromatic carbocycles. The minimum Gasteiger partial charge on any atom is -0.103 e. The van der Waals surface area contributed by atoms with E-state index >= 15 is 0 Å². The average Bonchev–Trinajstić information content (AvgIpc) is 2.33. The zero-order valence-corrected chi connectivity index (χ0v) is 9.91. The van der Waals surface area contributed by atoms with Gasteiger partial charge in [0, 0.05) is 9.79 Å². The third-order valence-electron chi connectivity index (χ3n) is 2.31. The topological polar surface area (TPSA) is 0 Å². The summed E-state index contributed by atoms with van der Waals surface area (Å²) in [5.41, 5.74) is 1.34. The molecule has 0 unspecified atom stereocenters. The van der Waals surface area contributed by atoms with E-state index in [1.807, 2.05) is 12.1 Å². The minimum absolute atomic E-state index is 0.927. The first-order valence-electron chi connectivity index (χ1n) is 5.32. The quantitative estimate of drug-likeness (QED) is 0.688. The predicted octanol–water partition coefficient (Wildman–Crippen LogP) is 4.57. The molecule has 0 saturated carbocycles. The molecule has 16 heavy (non-hydrogen) atoms. The van der Waals surface area contributed by atoms with E-state index in [9.17, 15) is 0 Å². The van der Waals surface area contributed by atoms with Crippen LogP contribution in [0.5, 0.6) is 0 Å². The third-order valence-corrected chi connectivity index (χ3v) is 3.43. The van der Waals surface area contributed by atoms with E-state index in [1.165, 1.54) is 15.4 Å². The van der Waals surface area contributed by atoms with Gasteiger partial charge >= 0.3 is 0 Å². The Bertz CT molecular complexity index is 460. The van der Waals surface area contributed by atoms with Gasteiger partial charge in [-0.25, -0.2) is 0 Å². The van der Waals surface area contributed by atoms with Crippen molar-refractivity contribution in [1.82, 2.24) is 0 Å². The minimum atomic E-state index is 0.927. The zero-order valence-electron chi connectivity index (χ0n) is 9.10. The molecule has 0 amide bonds. The molecule has 0 aliphatic rings. The largest absolute Gasteiger partial charge is 0.103 e. The molecule has 0 heterocycles. The van der Waals surface area contributed by atoms with Gasteiger partial charge < -0.3 is 0 Å². The Hall–Kier alpha value is -1.47. The molecular weight excluding hydrogens is 212 g/mol. The van der Waals surface area contributed by atoms with Crippen molar-refractivity contribution in [2.45, 2.75) is 16.2 Å². The number of benzene rings is 2. The smallest absolute Gasteiger partial charge is 0.0157 e. The van der Waals surface area contributed by atoms with Gasteiger partial charge in [0.1, 0.15) is 0 Å². The molecular formula is C15H14S. The van der Waals surface area contributed by atoms with Crippen molar-refractivity contribution < 1.29 is 0 Å². The fraction of sp³-hybridized carbons (Fsp3) is 0.0667. The summed E-state index contributed by atoms with van der Waals surface area (Å²) in [4.78, 5) is 2.59. The maximum Gasteiger partial charge on any atom is 0.0157 e. The van der Waals surface area contributed by atoms with Crippen molar-refractivity contribution in [3.8, 4) is 0 Å². The lowest BCUT2D eigenvalue weighted by Gasteiger charge is -2.06. The van der Waals surface area contributed by atoms with Crippen molar-refractivity contribution in [1.29, 1.82) is 0 Å². The van der Waals surface area contributed by atoms with Crippen LogP contribution in [0, 0.1) is 0 Å². The van der Waals surface area contributed by atoms with Gasteiger partial charge in [0.15, 0.2) is 0 Å². The maximum absolute atomic E-state index is 3.79. The van der Waals surface area contributed by atoms with Crippen LogP contribution in [0.15, 0.2) is 77.0 Å². The van der Waals surface area contributed by atoms with Crippen LogP contribution in [-0.4, -0.2) is 0 Å². The van der Waals surface area contributed by atoms with E-state index < -0.39 is 0 Å². The Morgan fingerprint density at radius 1 is 0.938 bits per heavy atom. The molecule has 0 N–H and O–H groups in total. The van der Waals surface area contributed by atoms with Crippen molar-refractivity contribution in [3.63, 3.8) is 0 Å². The molecule has 80 valence electrons. The Balaban J connectivity index is 2.24. The van der Waals surface area contributed by atoms with Gasteiger partial charge in [-0.05, 0) is 30.2 Å². The summed E-state index contributed by atoms with van der Waals surface area (Å²) < 4.78 is 0. The van der Waals surface area contributed by atoms with Gasteiger partial charge in [-0.1, -0.05) is 54.2 Å². The van der Waals surface area contributed by atoms with Gasteiger partial charge in [-0.2, -0.15) is 0 Å². The van der Waals surface area contributed by atoms with Gasteiger partial charge in [0.05, 0.1) is 0 Å². The number of rotatable bonds is 4. The van der Waals surface area contributed by atoms with E-state index in [0.29, 0.717) is 0 Å². The maximum atomic E-state index is 3.79. The summed E-state index contributed by atoms with van der Waals surface area (Å²) in [6.45, 7) is 3.79. The van der Waals surface area contributed by atoms with Crippen LogP contribution in [0.3, 0.4) is 0 Å². The predicted molar refractivity (Wildman–Crippen MR) is 70.9 cm³/mol. The van der Waals surface area contributed by atoms with Crippen LogP contribution >= 0.6 is 11.8 Å². The highest BCUT2D eigenvalue weighted by Crippen LogP contribution is 2.30. The van der Waals surface area contributed by atoms with Gasteiger partial charge in [-0.15, -0.1) is 6.58 Å². The molecule has 0 saturated heterocycles. The van der Waals surface area contributed by atoms with E-state index in [-0.39, 0.29) is 0 Å². The lowest BCUT2D eigenvalue weighted by Crippen LogP contribution is -1.84. The van der Waals surface area contributed by atoms with Crippen molar-refractivity contribution >= 4 is 11.8 Å². The molecule has 0 fully saturated rings. The molecule has 0 spiro atoms. The molecule has 0 nitrogen and oxygen atoms in total. The summed E-state index contributed by atoms with van der Waals surface area (Å²) in [7, 11) is 0. The summed E-state index contributed by atoms with van der Waals surface area (Å²) in [6.07, 6.45) is 2.88. The molecule has 0 aliphatic carbocycles. The molecule has 0 aromatic heterocycles. The number of hydrogen-bond donors (Lipinski definition) is 0.